The van der Waals surface area contributed by atoms with Crippen LogP contribution in [0, 0.1) is 6.92 Å². The first-order chi connectivity index (χ1) is 15.7. The molecular weight excluding hydrogens is 410 g/mol. The van der Waals surface area contributed by atoms with Crippen LogP contribution in [-0.2, 0) is 10.2 Å². The van der Waals surface area contributed by atoms with Gasteiger partial charge >= 0.3 is 0 Å². The van der Waals surface area contributed by atoms with Gasteiger partial charge in [0, 0.05) is 35.9 Å². The minimum Gasteiger partial charge on any atom is -0.383 e. The topological polar surface area (TPSA) is 76.3 Å². The Balaban J connectivity index is 1.56. The van der Waals surface area contributed by atoms with Gasteiger partial charge in [0.05, 0.1) is 18.9 Å². The monoisotopic (exact) mass is 445 g/mol. The van der Waals surface area contributed by atoms with Crippen molar-refractivity contribution in [3.8, 4) is 11.3 Å². The Kier molecular flexibility index (Phi) is 6.68. The average Bonchev–Trinajstić information content (AvgIpc) is 2.81. The molecule has 1 atom stereocenters. The van der Waals surface area contributed by atoms with Gasteiger partial charge in [0.15, 0.2) is 0 Å². The summed E-state index contributed by atoms with van der Waals surface area (Å²) >= 11 is 0. The third-order valence-electron chi connectivity index (χ3n) is 6.43. The predicted octanol–water partition coefficient (Wildman–Crippen LogP) is 5.47. The minimum atomic E-state index is 0.0592. The maximum absolute atomic E-state index is 6.28. The summed E-state index contributed by atoms with van der Waals surface area (Å²) in [5.74, 6) is 0.990. The Labute approximate surface area is 197 Å². The van der Waals surface area contributed by atoms with Crippen molar-refractivity contribution < 1.29 is 4.74 Å². The molecule has 0 saturated carbocycles. The van der Waals surface area contributed by atoms with Gasteiger partial charge in [-0.05, 0) is 48.6 Å². The molecule has 6 heteroatoms. The molecule has 3 N–H and O–H groups in total. The fourth-order valence-corrected chi connectivity index (χ4v) is 4.15. The summed E-state index contributed by atoms with van der Waals surface area (Å²) in [5.41, 5.74) is 12.6. The quantitative estimate of drug-likeness (QED) is 0.542. The maximum atomic E-state index is 6.28. The second-order valence-electron chi connectivity index (χ2n) is 9.81. The van der Waals surface area contributed by atoms with Gasteiger partial charge in [0.25, 0.3) is 0 Å². The van der Waals surface area contributed by atoms with Crippen LogP contribution in [0.1, 0.15) is 50.4 Å². The van der Waals surface area contributed by atoms with Gasteiger partial charge in [0.2, 0.25) is 5.95 Å². The molecule has 1 aromatic heterocycles. The summed E-state index contributed by atoms with van der Waals surface area (Å²) in [6.45, 7) is 14.4. The van der Waals surface area contributed by atoms with Crippen molar-refractivity contribution in [2.45, 2.75) is 46.1 Å². The molecule has 33 heavy (non-hydrogen) atoms. The second kappa shape index (κ2) is 9.49. The first-order valence-corrected chi connectivity index (χ1v) is 11.7. The molecule has 1 saturated heterocycles. The Hall–Kier alpha value is -2.96. The first kappa shape index (κ1) is 23.2. The summed E-state index contributed by atoms with van der Waals surface area (Å²) in [5, 5.41) is 3.34. The Morgan fingerprint density at radius 2 is 1.73 bits per heavy atom. The van der Waals surface area contributed by atoms with E-state index in [0.717, 1.165) is 48.8 Å². The summed E-state index contributed by atoms with van der Waals surface area (Å²) in [4.78, 5) is 11.8. The number of hydrogen-bond acceptors (Lipinski definition) is 6. The maximum Gasteiger partial charge on any atom is 0.229 e. The van der Waals surface area contributed by atoms with Crippen LogP contribution >= 0.6 is 0 Å². The van der Waals surface area contributed by atoms with E-state index >= 15 is 0 Å². The number of nitrogens with two attached hydrogens (primary N) is 1. The summed E-state index contributed by atoms with van der Waals surface area (Å²) in [7, 11) is 0. The van der Waals surface area contributed by atoms with Gasteiger partial charge in [0.1, 0.15) is 5.82 Å². The molecular formula is C27H35N5O. The third kappa shape index (κ3) is 5.34. The van der Waals surface area contributed by atoms with E-state index in [2.05, 4.69) is 91.4 Å². The molecule has 0 bridgehead atoms. The van der Waals surface area contributed by atoms with E-state index in [-0.39, 0.29) is 5.41 Å². The smallest absolute Gasteiger partial charge is 0.229 e. The zero-order chi connectivity index (χ0) is 23.6. The van der Waals surface area contributed by atoms with E-state index in [0.29, 0.717) is 17.8 Å². The highest BCUT2D eigenvalue weighted by Gasteiger charge is 2.19. The molecule has 1 unspecified atom stereocenters. The number of nitrogens with zero attached hydrogens (tertiary/aromatic N) is 3. The van der Waals surface area contributed by atoms with Gasteiger partial charge in [-0.3, -0.25) is 4.90 Å². The van der Waals surface area contributed by atoms with Crippen LogP contribution < -0.4 is 11.1 Å². The second-order valence-corrected chi connectivity index (χ2v) is 9.81. The van der Waals surface area contributed by atoms with Gasteiger partial charge in [-0.25, -0.2) is 4.98 Å². The van der Waals surface area contributed by atoms with E-state index in [1.54, 1.807) is 0 Å². The standard InChI is InChI=1S/C27H35N5O/c1-18-24(21-7-6-8-22(17-21)27(3,4)5)30-26(31-25(18)28)29-23-11-9-20(10-12-23)19(2)32-13-15-33-16-14-32/h6-12,17,19H,13-16H2,1-5H3,(H3,28,29,30,31). The van der Waals surface area contributed by atoms with E-state index in [1.165, 1.54) is 11.1 Å². The molecule has 0 radical (unpaired) electrons. The van der Waals surface area contributed by atoms with Gasteiger partial charge in [-0.1, -0.05) is 51.1 Å². The lowest BCUT2D eigenvalue weighted by molar-refractivity contribution is 0.0198. The van der Waals surface area contributed by atoms with Gasteiger partial charge in [-0.2, -0.15) is 4.98 Å². The molecule has 174 valence electrons. The van der Waals surface area contributed by atoms with Crippen LogP contribution in [0.4, 0.5) is 17.5 Å². The number of benzene rings is 2. The molecule has 1 fully saturated rings. The fourth-order valence-electron chi connectivity index (χ4n) is 4.15. The SMILES string of the molecule is Cc1c(N)nc(Nc2ccc(C(C)N3CCOCC3)cc2)nc1-c1cccc(C(C)(C)C)c1. The molecule has 0 spiro atoms. The molecule has 2 heterocycles. The van der Waals surface area contributed by atoms with Crippen molar-refractivity contribution in [3.05, 3.63) is 65.2 Å². The van der Waals surface area contributed by atoms with Crippen LogP contribution in [0.25, 0.3) is 11.3 Å². The molecule has 2 aromatic carbocycles. The van der Waals surface area contributed by atoms with Gasteiger partial charge < -0.3 is 15.8 Å². The largest absolute Gasteiger partial charge is 0.383 e. The highest BCUT2D eigenvalue weighted by atomic mass is 16.5. The Morgan fingerprint density at radius 1 is 1.03 bits per heavy atom. The zero-order valence-electron chi connectivity index (χ0n) is 20.4. The third-order valence-corrected chi connectivity index (χ3v) is 6.43. The van der Waals surface area contributed by atoms with Crippen molar-refractivity contribution in [2.75, 3.05) is 37.4 Å². The number of anilines is 3. The van der Waals surface area contributed by atoms with Gasteiger partial charge in [-0.15, -0.1) is 0 Å². The molecule has 0 amide bonds. The molecule has 6 nitrogen and oxygen atoms in total. The van der Waals surface area contributed by atoms with Crippen molar-refractivity contribution >= 4 is 17.5 Å². The van der Waals surface area contributed by atoms with Crippen LogP contribution in [0.15, 0.2) is 48.5 Å². The molecule has 3 aromatic rings. The fraction of sp³-hybridized carbons (Fsp3) is 0.407. The minimum absolute atomic E-state index is 0.0592. The molecule has 1 aliphatic heterocycles. The lowest BCUT2D eigenvalue weighted by Crippen LogP contribution is -2.37. The average molecular weight is 446 g/mol. The van der Waals surface area contributed by atoms with E-state index in [1.807, 2.05) is 6.92 Å². The van der Waals surface area contributed by atoms with Crippen LogP contribution in [0.3, 0.4) is 0 Å². The highest BCUT2D eigenvalue weighted by Crippen LogP contribution is 2.31. The van der Waals surface area contributed by atoms with Crippen molar-refractivity contribution in [1.82, 2.24) is 14.9 Å². The molecule has 4 rings (SSSR count). The first-order valence-electron chi connectivity index (χ1n) is 11.7. The van der Waals surface area contributed by atoms with Crippen LogP contribution in [-0.4, -0.2) is 41.2 Å². The summed E-state index contributed by atoms with van der Waals surface area (Å²) in [6, 6.07) is 17.3. The van der Waals surface area contributed by atoms with E-state index < -0.39 is 0 Å². The Morgan fingerprint density at radius 3 is 2.39 bits per heavy atom. The number of ether oxygens (including phenoxy) is 1. The number of hydrogen-bond donors (Lipinski definition) is 2. The van der Waals surface area contributed by atoms with Crippen molar-refractivity contribution in [3.63, 3.8) is 0 Å². The lowest BCUT2D eigenvalue weighted by Gasteiger charge is -2.32. The number of rotatable bonds is 5. The molecule has 1 aliphatic rings. The summed E-state index contributed by atoms with van der Waals surface area (Å²) < 4.78 is 5.48. The van der Waals surface area contributed by atoms with Crippen molar-refractivity contribution in [1.29, 1.82) is 0 Å². The Bertz CT molecular complexity index is 1100. The van der Waals surface area contributed by atoms with Crippen LogP contribution in [0.2, 0.25) is 0 Å². The number of morpholine rings is 1. The number of aromatic nitrogens is 2. The summed E-state index contributed by atoms with van der Waals surface area (Å²) in [6.07, 6.45) is 0. The van der Waals surface area contributed by atoms with Crippen LogP contribution in [0.5, 0.6) is 0 Å². The predicted molar refractivity (Wildman–Crippen MR) is 136 cm³/mol. The van der Waals surface area contributed by atoms with Crippen molar-refractivity contribution in [2.24, 2.45) is 0 Å². The number of nitrogens with one attached hydrogen (secondary N) is 1. The number of nitrogen functional groups attached to an aromatic ring is 1. The molecule has 0 aliphatic carbocycles. The lowest BCUT2D eigenvalue weighted by atomic mass is 9.85. The zero-order valence-corrected chi connectivity index (χ0v) is 20.4. The normalized spacial score (nSPS) is 15.9. The highest BCUT2D eigenvalue weighted by molar-refractivity contribution is 5.70. The van der Waals surface area contributed by atoms with E-state index in [4.69, 9.17) is 15.5 Å². The van der Waals surface area contributed by atoms with E-state index in [9.17, 15) is 0 Å².